The molecular formula is C37H41Cl2N3O4S. The van der Waals surface area contributed by atoms with Gasteiger partial charge in [-0.2, -0.15) is 0 Å². The summed E-state index contributed by atoms with van der Waals surface area (Å²) in [4.78, 5) is 30.1. The van der Waals surface area contributed by atoms with Gasteiger partial charge in [-0.25, -0.2) is 8.42 Å². The maximum Gasteiger partial charge on any atom is 0.264 e. The molecular weight excluding hydrogens is 653 g/mol. The van der Waals surface area contributed by atoms with Gasteiger partial charge < -0.3 is 10.2 Å². The Bertz CT molecular complexity index is 1810. The first-order chi connectivity index (χ1) is 22.3. The van der Waals surface area contributed by atoms with Gasteiger partial charge >= 0.3 is 0 Å². The zero-order valence-corrected chi connectivity index (χ0v) is 29.7. The van der Waals surface area contributed by atoms with Crippen LogP contribution >= 0.6 is 23.2 Å². The van der Waals surface area contributed by atoms with Crippen LogP contribution in [0.2, 0.25) is 10.0 Å². The van der Waals surface area contributed by atoms with E-state index in [1.54, 1.807) is 36.4 Å². The molecule has 7 nitrogen and oxygen atoms in total. The lowest BCUT2D eigenvalue weighted by molar-refractivity contribution is -0.140. The molecule has 0 fully saturated rings. The molecule has 10 heteroatoms. The number of carbonyl (C=O) groups excluding carboxylic acids is 2. The highest BCUT2D eigenvalue weighted by Crippen LogP contribution is 2.30. The van der Waals surface area contributed by atoms with Crippen LogP contribution in [0.15, 0.2) is 95.9 Å². The summed E-state index contributed by atoms with van der Waals surface area (Å²) in [5.41, 5.74) is 4.31. The van der Waals surface area contributed by atoms with Crippen molar-refractivity contribution in [2.24, 2.45) is 5.92 Å². The van der Waals surface area contributed by atoms with Gasteiger partial charge in [0.15, 0.2) is 0 Å². The Hall–Kier alpha value is -3.85. The van der Waals surface area contributed by atoms with Crippen molar-refractivity contribution in [3.8, 4) is 0 Å². The molecule has 0 heterocycles. The second-order valence-electron chi connectivity index (χ2n) is 12.2. The van der Waals surface area contributed by atoms with Crippen LogP contribution in [0.25, 0.3) is 0 Å². The van der Waals surface area contributed by atoms with Crippen LogP contribution < -0.4 is 9.62 Å². The fourth-order valence-corrected chi connectivity index (χ4v) is 6.94. The van der Waals surface area contributed by atoms with E-state index in [1.807, 2.05) is 77.1 Å². The molecule has 0 saturated heterocycles. The normalized spacial score (nSPS) is 12.1. The lowest BCUT2D eigenvalue weighted by atomic mass is 10.0. The van der Waals surface area contributed by atoms with Crippen molar-refractivity contribution in [2.75, 3.05) is 17.4 Å². The third-order valence-corrected chi connectivity index (χ3v) is 10.3. The standard InChI is InChI=1S/C37H41Cl2N3O4S/c1-25(2)22-40-37(44)35(21-29-9-7-6-8-10-29)41(23-30-15-18-32(38)33(39)20-30)36(43)24-42(34-19-27(4)11-14-28(34)5)47(45,46)31-16-12-26(3)13-17-31/h6-20,25,35H,21-24H2,1-5H3,(H,40,44). The van der Waals surface area contributed by atoms with Gasteiger partial charge in [-0.15, -0.1) is 0 Å². The number of halogens is 2. The molecule has 0 spiro atoms. The van der Waals surface area contributed by atoms with E-state index in [9.17, 15) is 18.0 Å². The minimum atomic E-state index is -4.20. The summed E-state index contributed by atoms with van der Waals surface area (Å²) in [6.07, 6.45) is 0.214. The summed E-state index contributed by atoms with van der Waals surface area (Å²) in [7, 11) is -4.20. The number of anilines is 1. The summed E-state index contributed by atoms with van der Waals surface area (Å²) in [6, 6.07) is 25.5. The molecule has 1 unspecified atom stereocenters. The van der Waals surface area contributed by atoms with Crippen molar-refractivity contribution < 1.29 is 18.0 Å². The van der Waals surface area contributed by atoms with Crippen molar-refractivity contribution in [1.82, 2.24) is 10.2 Å². The molecule has 1 N–H and O–H groups in total. The van der Waals surface area contributed by atoms with Gasteiger partial charge in [0.25, 0.3) is 10.0 Å². The zero-order chi connectivity index (χ0) is 34.3. The van der Waals surface area contributed by atoms with E-state index in [0.29, 0.717) is 33.4 Å². The molecule has 47 heavy (non-hydrogen) atoms. The summed E-state index contributed by atoms with van der Waals surface area (Å²) in [5.74, 6) is -0.709. The number of benzene rings is 4. The third kappa shape index (κ3) is 9.37. The van der Waals surface area contributed by atoms with Crippen LogP contribution in [-0.4, -0.2) is 44.3 Å². The summed E-state index contributed by atoms with van der Waals surface area (Å²) >= 11 is 12.6. The number of carbonyl (C=O) groups is 2. The van der Waals surface area contributed by atoms with Gasteiger partial charge in [-0.05, 0) is 79.3 Å². The van der Waals surface area contributed by atoms with Crippen molar-refractivity contribution >= 4 is 50.7 Å². The molecule has 0 aliphatic carbocycles. The minimum absolute atomic E-state index is 0.00641. The lowest BCUT2D eigenvalue weighted by Crippen LogP contribution is -2.53. The zero-order valence-electron chi connectivity index (χ0n) is 27.3. The van der Waals surface area contributed by atoms with E-state index in [2.05, 4.69) is 5.32 Å². The maximum absolute atomic E-state index is 14.7. The molecule has 0 bridgehead atoms. The van der Waals surface area contributed by atoms with Gasteiger partial charge in [-0.1, -0.05) is 103 Å². The number of nitrogens with zero attached hydrogens (tertiary/aromatic N) is 2. The molecule has 4 aromatic carbocycles. The summed E-state index contributed by atoms with van der Waals surface area (Å²) < 4.78 is 29.8. The Morgan fingerprint density at radius 2 is 1.45 bits per heavy atom. The fraction of sp³-hybridized carbons (Fsp3) is 0.297. The average Bonchev–Trinajstić information content (AvgIpc) is 3.03. The molecule has 0 aliphatic heterocycles. The quantitative estimate of drug-likeness (QED) is 0.157. The topological polar surface area (TPSA) is 86.8 Å². The summed E-state index contributed by atoms with van der Waals surface area (Å²) in [6.45, 7) is 9.40. The van der Waals surface area contributed by atoms with Crippen molar-refractivity contribution in [2.45, 2.75) is 58.5 Å². The Kier molecular flexibility index (Phi) is 12.1. The Morgan fingerprint density at radius 1 is 0.787 bits per heavy atom. The highest BCUT2D eigenvalue weighted by Gasteiger charge is 2.35. The van der Waals surface area contributed by atoms with Crippen molar-refractivity contribution in [3.63, 3.8) is 0 Å². The number of sulfonamides is 1. The van der Waals surface area contributed by atoms with Crippen LogP contribution in [0.4, 0.5) is 5.69 Å². The second kappa shape index (κ2) is 15.8. The van der Waals surface area contributed by atoms with Crippen LogP contribution in [-0.2, 0) is 32.6 Å². The van der Waals surface area contributed by atoms with E-state index in [1.165, 1.54) is 17.0 Å². The van der Waals surface area contributed by atoms with Crippen LogP contribution in [0.5, 0.6) is 0 Å². The first kappa shape index (κ1) is 36.0. The predicted molar refractivity (Wildman–Crippen MR) is 190 cm³/mol. The highest BCUT2D eigenvalue weighted by molar-refractivity contribution is 7.92. The van der Waals surface area contributed by atoms with Gasteiger partial charge in [-0.3, -0.25) is 13.9 Å². The number of amides is 2. The molecule has 0 aromatic heterocycles. The largest absolute Gasteiger partial charge is 0.354 e. The van der Waals surface area contributed by atoms with E-state index in [0.717, 1.165) is 21.0 Å². The van der Waals surface area contributed by atoms with E-state index in [-0.39, 0.29) is 29.7 Å². The molecule has 2 amide bonds. The molecule has 1 atom stereocenters. The monoisotopic (exact) mass is 693 g/mol. The number of hydrogen-bond donors (Lipinski definition) is 1. The maximum atomic E-state index is 14.7. The number of hydrogen-bond acceptors (Lipinski definition) is 4. The van der Waals surface area contributed by atoms with Crippen LogP contribution in [0, 0.1) is 26.7 Å². The third-order valence-electron chi connectivity index (χ3n) is 7.81. The van der Waals surface area contributed by atoms with Gasteiger partial charge in [0.05, 0.1) is 20.6 Å². The summed E-state index contributed by atoms with van der Waals surface area (Å²) in [5, 5.41) is 3.66. The van der Waals surface area contributed by atoms with Gasteiger partial charge in [0.1, 0.15) is 12.6 Å². The molecule has 4 aromatic rings. The average molecular weight is 695 g/mol. The van der Waals surface area contributed by atoms with E-state index >= 15 is 0 Å². The molecule has 0 saturated carbocycles. The van der Waals surface area contributed by atoms with Crippen LogP contribution in [0.1, 0.15) is 41.7 Å². The second-order valence-corrected chi connectivity index (χ2v) is 14.9. The molecule has 4 rings (SSSR count). The number of nitrogens with one attached hydrogen (secondary N) is 1. The first-order valence-electron chi connectivity index (χ1n) is 15.5. The van der Waals surface area contributed by atoms with Crippen molar-refractivity contribution in [3.05, 3.63) is 129 Å². The van der Waals surface area contributed by atoms with Gasteiger partial charge in [0.2, 0.25) is 11.8 Å². The predicted octanol–water partition coefficient (Wildman–Crippen LogP) is 7.53. The highest BCUT2D eigenvalue weighted by atomic mass is 35.5. The SMILES string of the molecule is Cc1ccc(S(=O)(=O)N(CC(=O)N(Cc2ccc(Cl)c(Cl)c2)C(Cc2ccccc2)C(=O)NCC(C)C)c2cc(C)ccc2C)cc1. The Morgan fingerprint density at radius 3 is 2.09 bits per heavy atom. The first-order valence-corrected chi connectivity index (χ1v) is 17.7. The number of aryl methyl sites for hydroxylation is 3. The molecule has 0 aliphatic rings. The minimum Gasteiger partial charge on any atom is -0.354 e. The van der Waals surface area contributed by atoms with Gasteiger partial charge in [0, 0.05) is 19.5 Å². The Labute approximate surface area is 288 Å². The van der Waals surface area contributed by atoms with E-state index < -0.39 is 28.5 Å². The van der Waals surface area contributed by atoms with Crippen LogP contribution in [0.3, 0.4) is 0 Å². The lowest BCUT2D eigenvalue weighted by Gasteiger charge is -2.34. The van der Waals surface area contributed by atoms with E-state index in [4.69, 9.17) is 23.2 Å². The fourth-order valence-electron chi connectivity index (χ4n) is 5.15. The molecule has 248 valence electrons. The molecule has 0 radical (unpaired) electrons. The smallest absolute Gasteiger partial charge is 0.264 e. The Balaban J connectivity index is 1.84. The van der Waals surface area contributed by atoms with Crippen molar-refractivity contribution in [1.29, 1.82) is 0 Å². The number of rotatable bonds is 13.